The van der Waals surface area contributed by atoms with E-state index in [1.807, 2.05) is 36.4 Å². The van der Waals surface area contributed by atoms with Crippen LogP contribution in [0.5, 0.6) is 11.5 Å². The Hall–Kier alpha value is -3.28. The van der Waals surface area contributed by atoms with Gasteiger partial charge in [0.2, 0.25) is 0 Å². The number of methoxy groups -OCH3 is 2. The molecular formula is C22H24N4O2. The molecule has 2 aromatic heterocycles. The molecule has 2 aromatic carbocycles. The lowest BCUT2D eigenvalue weighted by atomic mass is 10.1. The lowest BCUT2D eigenvalue weighted by Crippen LogP contribution is -2.07. The van der Waals surface area contributed by atoms with Gasteiger partial charge in [-0.15, -0.1) is 0 Å². The minimum atomic E-state index is 0.435. The molecule has 0 spiro atoms. The van der Waals surface area contributed by atoms with Crippen molar-refractivity contribution in [3.63, 3.8) is 0 Å². The monoisotopic (exact) mass is 376 g/mol. The third-order valence-electron chi connectivity index (χ3n) is 4.80. The highest BCUT2D eigenvalue weighted by Crippen LogP contribution is 2.36. The number of pyridine rings is 1. The molecule has 144 valence electrons. The maximum atomic E-state index is 6.28. The summed E-state index contributed by atoms with van der Waals surface area (Å²) in [7, 11) is 3.26. The summed E-state index contributed by atoms with van der Waals surface area (Å²) in [5, 5.41) is 1.05. The van der Waals surface area contributed by atoms with Crippen molar-refractivity contribution < 1.29 is 9.47 Å². The summed E-state index contributed by atoms with van der Waals surface area (Å²) >= 11 is 0. The molecule has 0 saturated carbocycles. The molecular weight excluding hydrogens is 352 g/mol. The van der Waals surface area contributed by atoms with E-state index in [2.05, 4.69) is 29.5 Å². The van der Waals surface area contributed by atoms with E-state index < -0.39 is 0 Å². The molecule has 0 bridgehead atoms. The van der Waals surface area contributed by atoms with Gasteiger partial charge in [-0.05, 0) is 30.2 Å². The van der Waals surface area contributed by atoms with E-state index in [-0.39, 0.29) is 0 Å². The molecule has 0 fully saturated rings. The summed E-state index contributed by atoms with van der Waals surface area (Å²) < 4.78 is 13.1. The van der Waals surface area contributed by atoms with Gasteiger partial charge in [-0.2, -0.15) is 0 Å². The Morgan fingerprint density at radius 3 is 2.46 bits per heavy atom. The molecule has 0 saturated heterocycles. The van der Waals surface area contributed by atoms with Gasteiger partial charge in [-0.3, -0.25) is 0 Å². The van der Waals surface area contributed by atoms with Crippen molar-refractivity contribution in [2.45, 2.75) is 20.4 Å². The van der Waals surface area contributed by atoms with E-state index in [0.717, 1.165) is 39.9 Å². The Labute approximate surface area is 163 Å². The zero-order chi connectivity index (χ0) is 19.8. The van der Waals surface area contributed by atoms with Crippen molar-refractivity contribution in [3.05, 3.63) is 42.5 Å². The van der Waals surface area contributed by atoms with Crippen LogP contribution < -0.4 is 15.2 Å². The number of nitrogen functional groups attached to an aromatic ring is 1. The van der Waals surface area contributed by atoms with Crippen LogP contribution in [0.1, 0.15) is 13.8 Å². The number of hydrogen-bond donors (Lipinski definition) is 1. The highest BCUT2D eigenvalue weighted by molar-refractivity contribution is 6.07. The first-order chi connectivity index (χ1) is 13.5. The zero-order valence-corrected chi connectivity index (χ0v) is 16.6. The van der Waals surface area contributed by atoms with Gasteiger partial charge in [-0.25, -0.2) is 9.97 Å². The molecule has 0 amide bonds. The van der Waals surface area contributed by atoms with Gasteiger partial charge in [-0.1, -0.05) is 32.0 Å². The van der Waals surface area contributed by atoms with Gasteiger partial charge >= 0.3 is 0 Å². The summed E-state index contributed by atoms with van der Waals surface area (Å²) in [5.41, 5.74) is 9.84. The number of nitrogens with zero attached hydrogens (tertiary/aromatic N) is 3. The molecule has 0 aliphatic rings. The Balaban J connectivity index is 2.06. The summed E-state index contributed by atoms with van der Waals surface area (Å²) in [4.78, 5) is 9.45. The molecule has 0 atom stereocenters. The number of benzene rings is 2. The predicted molar refractivity (Wildman–Crippen MR) is 113 cm³/mol. The first kappa shape index (κ1) is 18.1. The topological polar surface area (TPSA) is 75.2 Å². The van der Waals surface area contributed by atoms with Gasteiger partial charge in [0.1, 0.15) is 11.3 Å². The average molecular weight is 376 g/mol. The van der Waals surface area contributed by atoms with Crippen LogP contribution in [0.2, 0.25) is 0 Å². The quantitative estimate of drug-likeness (QED) is 0.555. The molecule has 0 radical (unpaired) electrons. The Kier molecular flexibility index (Phi) is 4.55. The fourth-order valence-corrected chi connectivity index (χ4v) is 3.60. The first-order valence-corrected chi connectivity index (χ1v) is 9.30. The van der Waals surface area contributed by atoms with Crippen LogP contribution in [0.4, 0.5) is 5.82 Å². The van der Waals surface area contributed by atoms with Crippen LogP contribution >= 0.6 is 0 Å². The van der Waals surface area contributed by atoms with Gasteiger partial charge in [0.05, 0.1) is 25.3 Å². The summed E-state index contributed by atoms with van der Waals surface area (Å²) in [6.45, 7) is 5.20. The maximum Gasteiger partial charge on any atom is 0.161 e. The van der Waals surface area contributed by atoms with Crippen molar-refractivity contribution in [1.29, 1.82) is 0 Å². The molecule has 0 unspecified atom stereocenters. The Bertz CT molecular complexity index is 1160. The highest BCUT2D eigenvalue weighted by atomic mass is 16.5. The summed E-state index contributed by atoms with van der Waals surface area (Å²) in [5.74, 6) is 3.07. The number of para-hydroxylation sites is 1. The van der Waals surface area contributed by atoms with Gasteiger partial charge in [0, 0.05) is 17.5 Å². The second-order valence-electron chi connectivity index (χ2n) is 7.22. The number of rotatable bonds is 5. The molecule has 0 aliphatic carbocycles. The number of nitrogens with two attached hydrogens (primary N) is 1. The number of fused-ring (bicyclic) bond motifs is 3. The molecule has 4 aromatic rings. The van der Waals surface area contributed by atoms with Gasteiger partial charge < -0.3 is 19.8 Å². The number of aromatic nitrogens is 3. The SMILES string of the molecule is COc1ccc(-c2nc3c(N)nc4ccccc4c3n2CC(C)C)cc1OC. The molecule has 2 heterocycles. The fraction of sp³-hybridized carbons (Fsp3) is 0.273. The van der Waals surface area contributed by atoms with Crippen LogP contribution in [0.3, 0.4) is 0 Å². The number of ether oxygens (including phenoxy) is 2. The summed E-state index contributed by atoms with van der Waals surface area (Å²) in [6, 6.07) is 13.9. The van der Waals surface area contributed by atoms with Crippen molar-refractivity contribution in [2.75, 3.05) is 20.0 Å². The second-order valence-corrected chi connectivity index (χ2v) is 7.22. The smallest absolute Gasteiger partial charge is 0.161 e. The first-order valence-electron chi connectivity index (χ1n) is 9.30. The van der Waals surface area contributed by atoms with E-state index in [1.54, 1.807) is 14.2 Å². The Morgan fingerprint density at radius 1 is 1.00 bits per heavy atom. The van der Waals surface area contributed by atoms with Crippen LogP contribution in [0, 0.1) is 5.92 Å². The fourth-order valence-electron chi connectivity index (χ4n) is 3.60. The standard InChI is InChI=1S/C22H24N4O2/c1-13(2)12-26-20-15-7-5-6-8-16(15)24-21(23)19(20)25-22(26)14-9-10-17(27-3)18(11-14)28-4/h5-11,13H,12H2,1-4H3,(H2,23,24). The molecule has 6 heteroatoms. The van der Waals surface area contributed by atoms with E-state index in [0.29, 0.717) is 23.2 Å². The van der Waals surface area contributed by atoms with E-state index in [9.17, 15) is 0 Å². The molecule has 2 N–H and O–H groups in total. The van der Waals surface area contributed by atoms with Crippen LogP contribution in [0.15, 0.2) is 42.5 Å². The molecule has 28 heavy (non-hydrogen) atoms. The highest BCUT2D eigenvalue weighted by Gasteiger charge is 2.20. The van der Waals surface area contributed by atoms with E-state index in [1.165, 1.54) is 0 Å². The lowest BCUT2D eigenvalue weighted by molar-refractivity contribution is 0.355. The van der Waals surface area contributed by atoms with Crippen molar-refractivity contribution in [3.8, 4) is 22.9 Å². The molecule has 6 nitrogen and oxygen atoms in total. The number of hydrogen-bond acceptors (Lipinski definition) is 5. The van der Waals surface area contributed by atoms with Crippen molar-refractivity contribution >= 4 is 27.8 Å². The van der Waals surface area contributed by atoms with Crippen LogP contribution in [0.25, 0.3) is 33.3 Å². The van der Waals surface area contributed by atoms with Crippen LogP contribution in [-0.4, -0.2) is 28.8 Å². The van der Waals surface area contributed by atoms with Crippen molar-refractivity contribution in [2.24, 2.45) is 5.92 Å². The van der Waals surface area contributed by atoms with Gasteiger partial charge in [0.25, 0.3) is 0 Å². The third-order valence-corrected chi connectivity index (χ3v) is 4.80. The van der Waals surface area contributed by atoms with Crippen molar-refractivity contribution in [1.82, 2.24) is 14.5 Å². The lowest BCUT2D eigenvalue weighted by Gasteiger charge is -2.14. The Morgan fingerprint density at radius 2 is 1.75 bits per heavy atom. The molecule has 4 rings (SSSR count). The average Bonchev–Trinajstić information content (AvgIpc) is 3.07. The van der Waals surface area contributed by atoms with E-state index >= 15 is 0 Å². The molecule has 0 aliphatic heterocycles. The normalized spacial score (nSPS) is 11.5. The minimum Gasteiger partial charge on any atom is -0.493 e. The maximum absolute atomic E-state index is 6.28. The van der Waals surface area contributed by atoms with E-state index in [4.69, 9.17) is 20.2 Å². The summed E-state index contributed by atoms with van der Waals surface area (Å²) in [6.07, 6.45) is 0. The number of anilines is 1. The zero-order valence-electron chi connectivity index (χ0n) is 16.6. The van der Waals surface area contributed by atoms with Crippen LogP contribution in [-0.2, 0) is 6.54 Å². The number of imidazole rings is 1. The predicted octanol–water partition coefficient (Wildman–Crippen LogP) is 4.51. The minimum absolute atomic E-state index is 0.435. The van der Waals surface area contributed by atoms with Gasteiger partial charge in [0.15, 0.2) is 17.3 Å². The largest absolute Gasteiger partial charge is 0.493 e. The third kappa shape index (κ3) is 2.91. The second kappa shape index (κ2) is 7.03.